The first-order valence-electron chi connectivity index (χ1n) is 10.6. The van der Waals surface area contributed by atoms with Gasteiger partial charge in [-0.15, -0.1) is 0 Å². The van der Waals surface area contributed by atoms with Crippen LogP contribution in [0.15, 0.2) is 82.4 Å². The van der Waals surface area contributed by atoms with Gasteiger partial charge in [-0.3, -0.25) is 9.36 Å². The van der Waals surface area contributed by atoms with Crippen LogP contribution < -0.4 is 5.56 Å². The summed E-state index contributed by atoms with van der Waals surface area (Å²) < 4.78 is 1.52. The molecule has 0 unspecified atom stereocenters. The van der Waals surface area contributed by atoms with E-state index in [1.165, 1.54) is 4.57 Å². The molecule has 0 amide bonds. The number of hydrogen-bond acceptors (Lipinski definition) is 6. The van der Waals surface area contributed by atoms with E-state index in [1.54, 1.807) is 18.2 Å². The standard InChI is InChI=1S/C26H18ClN5O2S/c1-15-6-2-5-9-22(15)32-25(34)17-11-10-16(27)12-21(17)31-26(32)35-14-23(33)18(13-28)24-29-19-7-3-4-8-20(19)30-24/h2-12,33H,14H2,1H3,(H,29,30). The van der Waals surface area contributed by atoms with E-state index in [-0.39, 0.29) is 28.5 Å². The van der Waals surface area contributed by atoms with Gasteiger partial charge in [0, 0.05) is 5.02 Å². The van der Waals surface area contributed by atoms with Crippen LogP contribution in [0.4, 0.5) is 0 Å². The molecule has 0 aliphatic rings. The largest absolute Gasteiger partial charge is 0.510 e. The number of benzene rings is 3. The number of allylic oxidation sites excluding steroid dienone is 1. The molecular weight excluding hydrogens is 482 g/mol. The Labute approximate surface area is 209 Å². The molecule has 0 spiro atoms. The molecule has 172 valence electrons. The summed E-state index contributed by atoms with van der Waals surface area (Å²) in [6, 6.07) is 21.9. The van der Waals surface area contributed by atoms with Gasteiger partial charge in [0.2, 0.25) is 0 Å². The van der Waals surface area contributed by atoms with Crippen molar-refractivity contribution in [1.82, 2.24) is 19.5 Å². The number of aryl methyl sites for hydroxylation is 1. The van der Waals surface area contributed by atoms with Crippen LogP contribution in [0.1, 0.15) is 11.4 Å². The average molecular weight is 500 g/mol. The lowest BCUT2D eigenvalue weighted by atomic mass is 10.2. The minimum Gasteiger partial charge on any atom is -0.510 e. The molecule has 0 saturated carbocycles. The number of nitrogens with zero attached hydrogens (tertiary/aromatic N) is 4. The summed E-state index contributed by atoms with van der Waals surface area (Å²) in [5.74, 6) is 0.110. The predicted octanol–water partition coefficient (Wildman–Crippen LogP) is 5.81. The number of aliphatic hydroxyl groups is 1. The number of imidazole rings is 1. The molecule has 0 aliphatic carbocycles. The van der Waals surface area contributed by atoms with E-state index in [2.05, 4.69) is 15.0 Å². The normalized spacial score (nSPS) is 12.0. The lowest BCUT2D eigenvalue weighted by molar-refractivity contribution is 0.420. The predicted molar refractivity (Wildman–Crippen MR) is 139 cm³/mol. The molecule has 0 radical (unpaired) electrons. The molecule has 5 rings (SSSR count). The molecule has 2 heterocycles. The molecule has 0 fully saturated rings. The number of para-hydroxylation sites is 3. The molecule has 0 saturated heterocycles. The Morgan fingerprint density at radius 1 is 1.11 bits per heavy atom. The Hall–Kier alpha value is -4.06. The third-order valence-corrected chi connectivity index (χ3v) is 6.71. The molecule has 2 N–H and O–H groups in total. The van der Waals surface area contributed by atoms with Crippen LogP contribution in [0.2, 0.25) is 5.02 Å². The summed E-state index contributed by atoms with van der Waals surface area (Å²) in [6.07, 6.45) is 0. The molecule has 9 heteroatoms. The van der Waals surface area contributed by atoms with Crippen LogP contribution in [-0.2, 0) is 0 Å². The van der Waals surface area contributed by atoms with Crippen LogP contribution in [0.5, 0.6) is 0 Å². The zero-order valence-electron chi connectivity index (χ0n) is 18.5. The van der Waals surface area contributed by atoms with E-state index in [0.717, 1.165) is 22.8 Å². The molecule has 0 aliphatic heterocycles. The van der Waals surface area contributed by atoms with Crippen molar-refractivity contribution in [2.24, 2.45) is 0 Å². The molecule has 5 aromatic rings. The van der Waals surface area contributed by atoms with Crippen molar-refractivity contribution in [2.75, 3.05) is 5.75 Å². The van der Waals surface area contributed by atoms with Gasteiger partial charge in [-0.1, -0.05) is 53.7 Å². The number of nitrogens with one attached hydrogen (secondary N) is 1. The topological polar surface area (TPSA) is 108 Å². The van der Waals surface area contributed by atoms with E-state index < -0.39 is 0 Å². The first-order valence-corrected chi connectivity index (χ1v) is 12.0. The van der Waals surface area contributed by atoms with E-state index in [4.69, 9.17) is 11.6 Å². The number of fused-ring (bicyclic) bond motifs is 2. The average Bonchev–Trinajstić information content (AvgIpc) is 3.27. The SMILES string of the molecule is Cc1ccccc1-n1c(SCC(O)=C(C#N)c2nc3ccccc3[nH]2)nc2cc(Cl)ccc2c1=O. The first kappa shape index (κ1) is 22.7. The van der Waals surface area contributed by atoms with Crippen molar-refractivity contribution in [1.29, 1.82) is 5.26 Å². The zero-order valence-corrected chi connectivity index (χ0v) is 20.1. The van der Waals surface area contributed by atoms with Crippen molar-refractivity contribution in [3.8, 4) is 11.8 Å². The van der Waals surface area contributed by atoms with Crippen LogP contribution in [0, 0.1) is 18.3 Å². The van der Waals surface area contributed by atoms with Crippen molar-refractivity contribution in [3.05, 3.63) is 99.3 Å². The Balaban J connectivity index is 1.60. The maximum Gasteiger partial charge on any atom is 0.266 e. The fourth-order valence-corrected chi connectivity index (χ4v) is 4.84. The molecule has 0 bridgehead atoms. The second-order valence-electron chi connectivity index (χ2n) is 7.81. The number of hydrogen-bond donors (Lipinski definition) is 2. The fourth-order valence-electron chi connectivity index (χ4n) is 3.79. The highest BCUT2D eigenvalue weighted by Gasteiger charge is 2.18. The van der Waals surface area contributed by atoms with Crippen LogP contribution in [-0.4, -0.2) is 30.4 Å². The molecular formula is C26H18ClN5O2S. The first-order chi connectivity index (χ1) is 17.0. The van der Waals surface area contributed by atoms with Crippen molar-refractivity contribution >= 4 is 50.9 Å². The Morgan fingerprint density at radius 3 is 2.66 bits per heavy atom. The lowest BCUT2D eigenvalue weighted by Gasteiger charge is -2.15. The second kappa shape index (κ2) is 9.29. The lowest BCUT2D eigenvalue weighted by Crippen LogP contribution is -2.22. The number of halogens is 1. The van der Waals surface area contributed by atoms with Crippen LogP contribution >= 0.6 is 23.4 Å². The third kappa shape index (κ3) is 4.28. The van der Waals surface area contributed by atoms with Gasteiger partial charge in [0.15, 0.2) is 11.0 Å². The van der Waals surface area contributed by atoms with Gasteiger partial charge in [0.05, 0.1) is 33.4 Å². The van der Waals surface area contributed by atoms with Gasteiger partial charge in [0.1, 0.15) is 17.4 Å². The number of nitriles is 1. The highest BCUT2D eigenvalue weighted by atomic mass is 35.5. The van der Waals surface area contributed by atoms with E-state index in [0.29, 0.717) is 32.3 Å². The summed E-state index contributed by atoms with van der Waals surface area (Å²) in [5, 5.41) is 21.8. The summed E-state index contributed by atoms with van der Waals surface area (Å²) in [4.78, 5) is 25.6. The summed E-state index contributed by atoms with van der Waals surface area (Å²) in [5.41, 5.74) is 3.27. The number of aromatic amines is 1. The van der Waals surface area contributed by atoms with Crippen molar-refractivity contribution < 1.29 is 5.11 Å². The van der Waals surface area contributed by atoms with Gasteiger partial charge in [0.25, 0.3) is 5.56 Å². The molecule has 7 nitrogen and oxygen atoms in total. The number of aliphatic hydroxyl groups excluding tert-OH is 1. The van der Waals surface area contributed by atoms with E-state index in [9.17, 15) is 15.2 Å². The van der Waals surface area contributed by atoms with Crippen molar-refractivity contribution in [3.63, 3.8) is 0 Å². The highest BCUT2D eigenvalue weighted by Crippen LogP contribution is 2.27. The number of thioether (sulfide) groups is 1. The smallest absolute Gasteiger partial charge is 0.266 e. The van der Waals surface area contributed by atoms with Gasteiger partial charge < -0.3 is 10.1 Å². The third-order valence-electron chi connectivity index (χ3n) is 5.52. The maximum absolute atomic E-state index is 13.5. The molecule has 0 atom stereocenters. The highest BCUT2D eigenvalue weighted by molar-refractivity contribution is 7.99. The van der Waals surface area contributed by atoms with Gasteiger partial charge >= 0.3 is 0 Å². The van der Waals surface area contributed by atoms with Crippen LogP contribution in [0.3, 0.4) is 0 Å². The number of H-pyrrole nitrogens is 1. The van der Waals surface area contributed by atoms with Crippen molar-refractivity contribution in [2.45, 2.75) is 12.1 Å². The Morgan fingerprint density at radius 2 is 1.89 bits per heavy atom. The zero-order chi connectivity index (χ0) is 24.5. The van der Waals surface area contributed by atoms with Gasteiger partial charge in [-0.2, -0.15) is 5.26 Å². The van der Waals surface area contributed by atoms with Crippen LogP contribution in [0.25, 0.3) is 33.2 Å². The molecule has 35 heavy (non-hydrogen) atoms. The summed E-state index contributed by atoms with van der Waals surface area (Å²) in [6.45, 7) is 1.91. The minimum absolute atomic E-state index is 0.00430. The summed E-state index contributed by atoms with van der Waals surface area (Å²) in [7, 11) is 0. The van der Waals surface area contributed by atoms with Gasteiger partial charge in [-0.05, 0) is 48.9 Å². The van der Waals surface area contributed by atoms with Gasteiger partial charge in [-0.25, -0.2) is 9.97 Å². The molecule has 2 aromatic heterocycles. The monoisotopic (exact) mass is 499 g/mol. The quantitative estimate of drug-likeness (QED) is 0.137. The van der Waals surface area contributed by atoms with E-state index in [1.807, 2.05) is 61.5 Å². The second-order valence-corrected chi connectivity index (χ2v) is 9.19. The number of rotatable bonds is 5. The Kier molecular flexibility index (Phi) is 6.03. The molecule has 3 aromatic carbocycles. The summed E-state index contributed by atoms with van der Waals surface area (Å²) >= 11 is 7.29. The van der Waals surface area contributed by atoms with E-state index >= 15 is 0 Å². The maximum atomic E-state index is 13.5. The fraction of sp³-hybridized carbons (Fsp3) is 0.0769. The number of aromatic nitrogens is 4. The minimum atomic E-state index is -0.246. The Bertz CT molecular complexity index is 1700.